The molecule has 14 nitrogen and oxygen atoms in total. The lowest BCUT2D eigenvalue weighted by molar-refractivity contribution is -0.126. The quantitative estimate of drug-likeness (QED) is 0.0912. The number of nitrogens with zero attached hydrogens (tertiary/aromatic N) is 2. The molecule has 4 aromatic rings. The Balaban J connectivity index is 1.56. The van der Waals surface area contributed by atoms with Crippen LogP contribution in [0, 0.1) is 5.92 Å². The third-order valence-corrected chi connectivity index (χ3v) is 8.45. The van der Waals surface area contributed by atoms with Gasteiger partial charge in [-0.1, -0.05) is 68.4 Å². The SMILES string of the molecule is CC(C)[C@@H](C(N)=O)N(C(=O)OCc1nc2ccccc2o1)[C@H](Cc1ccc(O)cc1)C(O)CNCC(O)[C@@H](Cc1ccccc1)NC(=O)OC(C)(C)C. The number of para-hydroxylation sites is 2. The van der Waals surface area contributed by atoms with Gasteiger partial charge in [-0.2, -0.15) is 0 Å². The normalized spacial score (nSPS) is 14.6. The summed E-state index contributed by atoms with van der Waals surface area (Å²) in [6, 6.07) is 19.6. The summed E-state index contributed by atoms with van der Waals surface area (Å²) in [5, 5.41) is 38.8. The van der Waals surface area contributed by atoms with Crippen LogP contribution >= 0.6 is 0 Å². The molecular formula is C39H51N5O9. The molecule has 0 bridgehead atoms. The van der Waals surface area contributed by atoms with Crippen molar-refractivity contribution in [3.63, 3.8) is 0 Å². The molecule has 2 unspecified atom stereocenters. The highest BCUT2D eigenvalue weighted by Gasteiger charge is 2.40. The van der Waals surface area contributed by atoms with Gasteiger partial charge >= 0.3 is 12.2 Å². The van der Waals surface area contributed by atoms with Gasteiger partial charge in [0, 0.05) is 13.1 Å². The highest BCUT2D eigenvalue weighted by atomic mass is 16.6. The third-order valence-electron chi connectivity index (χ3n) is 8.45. The van der Waals surface area contributed by atoms with Crippen LogP contribution in [0.15, 0.2) is 83.3 Å². The van der Waals surface area contributed by atoms with Crippen LogP contribution in [0.5, 0.6) is 5.75 Å². The van der Waals surface area contributed by atoms with Gasteiger partial charge in [0.2, 0.25) is 11.8 Å². The van der Waals surface area contributed by atoms with Crippen LogP contribution in [0.2, 0.25) is 0 Å². The number of alkyl carbamates (subject to hydrolysis) is 1. The number of nitrogens with two attached hydrogens (primary N) is 1. The number of fused-ring (bicyclic) bond motifs is 1. The van der Waals surface area contributed by atoms with Crippen molar-refractivity contribution in [2.45, 2.75) is 90.0 Å². The summed E-state index contributed by atoms with van der Waals surface area (Å²) in [4.78, 5) is 45.1. The maximum atomic E-state index is 14.0. The van der Waals surface area contributed by atoms with E-state index in [-0.39, 0.29) is 37.8 Å². The monoisotopic (exact) mass is 733 g/mol. The maximum absolute atomic E-state index is 14.0. The molecule has 0 saturated heterocycles. The second-order valence-corrected chi connectivity index (χ2v) is 14.3. The Morgan fingerprint density at radius 2 is 1.51 bits per heavy atom. The largest absolute Gasteiger partial charge is 0.508 e. The van der Waals surface area contributed by atoms with E-state index >= 15 is 0 Å². The number of carbonyl (C=O) groups is 3. The van der Waals surface area contributed by atoms with E-state index in [4.69, 9.17) is 19.6 Å². The predicted octanol–water partition coefficient (Wildman–Crippen LogP) is 4.04. The average molecular weight is 734 g/mol. The van der Waals surface area contributed by atoms with Crippen molar-refractivity contribution in [2.75, 3.05) is 13.1 Å². The number of primary amides is 1. The van der Waals surface area contributed by atoms with Gasteiger partial charge in [-0.25, -0.2) is 14.6 Å². The van der Waals surface area contributed by atoms with Crippen molar-refractivity contribution in [2.24, 2.45) is 11.7 Å². The first-order valence-electron chi connectivity index (χ1n) is 17.6. The number of aromatic nitrogens is 1. The zero-order valence-corrected chi connectivity index (χ0v) is 30.8. The van der Waals surface area contributed by atoms with Crippen LogP contribution in [0.3, 0.4) is 0 Å². The number of benzene rings is 3. The van der Waals surface area contributed by atoms with Crippen LogP contribution < -0.4 is 16.4 Å². The molecule has 14 heteroatoms. The van der Waals surface area contributed by atoms with Gasteiger partial charge in [0.1, 0.15) is 22.9 Å². The fourth-order valence-electron chi connectivity index (χ4n) is 5.98. The molecule has 286 valence electrons. The molecule has 0 aliphatic heterocycles. The van der Waals surface area contributed by atoms with E-state index in [9.17, 15) is 29.7 Å². The lowest BCUT2D eigenvalue weighted by atomic mass is 9.94. The minimum atomic E-state index is -1.33. The predicted molar refractivity (Wildman–Crippen MR) is 198 cm³/mol. The van der Waals surface area contributed by atoms with Crippen molar-refractivity contribution in [1.29, 1.82) is 0 Å². The fraction of sp³-hybridized carbons (Fsp3) is 0.436. The summed E-state index contributed by atoms with van der Waals surface area (Å²) in [5.41, 5.74) is 7.72. The Kier molecular flexibility index (Phi) is 14.2. The topological polar surface area (TPSA) is 210 Å². The van der Waals surface area contributed by atoms with Crippen molar-refractivity contribution in [3.8, 4) is 5.75 Å². The molecule has 0 spiro atoms. The zero-order valence-electron chi connectivity index (χ0n) is 30.8. The summed E-state index contributed by atoms with van der Waals surface area (Å²) in [6.45, 7) is 8.09. The molecule has 3 amide bonds. The van der Waals surface area contributed by atoms with E-state index in [1.54, 1.807) is 71.0 Å². The van der Waals surface area contributed by atoms with E-state index in [0.717, 1.165) is 10.5 Å². The minimum absolute atomic E-state index is 0.0262. The Bertz CT molecular complexity index is 1740. The molecule has 53 heavy (non-hydrogen) atoms. The number of aliphatic hydroxyl groups excluding tert-OH is 2. The van der Waals surface area contributed by atoms with Crippen molar-refractivity contribution < 1.29 is 43.6 Å². The Labute approximate surface area is 309 Å². The Morgan fingerprint density at radius 3 is 2.13 bits per heavy atom. The molecule has 7 N–H and O–H groups in total. The molecule has 0 aliphatic carbocycles. The van der Waals surface area contributed by atoms with E-state index in [2.05, 4.69) is 15.6 Å². The number of phenolic OH excluding ortho intramolecular Hbond substituents is 1. The van der Waals surface area contributed by atoms with Gasteiger partial charge in [0.25, 0.3) is 0 Å². The number of oxazole rings is 1. The van der Waals surface area contributed by atoms with Gasteiger partial charge in [0.05, 0.1) is 24.3 Å². The molecule has 0 radical (unpaired) electrons. The molecule has 5 atom stereocenters. The number of amides is 3. The van der Waals surface area contributed by atoms with Crippen molar-refractivity contribution >= 4 is 29.2 Å². The lowest BCUT2D eigenvalue weighted by Crippen LogP contribution is -2.60. The molecule has 4 rings (SSSR count). The number of carbonyl (C=O) groups excluding carboxylic acids is 3. The Morgan fingerprint density at radius 1 is 0.887 bits per heavy atom. The molecule has 1 heterocycles. The zero-order chi connectivity index (χ0) is 38.7. The van der Waals surface area contributed by atoms with Gasteiger partial charge in [0.15, 0.2) is 12.2 Å². The molecular weight excluding hydrogens is 682 g/mol. The van der Waals surface area contributed by atoms with E-state index < -0.39 is 59.9 Å². The highest BCUT2D eigenvalue weighted by molar-refractivity contribution is 5.85. The summed E-state index contributed by atoms with van der Waals surface area (Å²) in [5.74, 6) is -1.12. The number of aliphatic hydroxyl groups is 2. The number of phenols is 1. The van der Waals surface area contributed by atoms with Gasteiger partial charge in [-0.3, -0.25) is 9.69 Å². The van der Waals surface area contributed by atoms with Crippen LogP contribution in [0.25, 0.3) is 11.1 Å². The van der Waals surface area contributed by atoms with Gasteiger partial charge < -0.3 is 45.6 Å². The smallest absolute Gasteiger partial charge is 0.411 e. The van der Waals surface area contributed by atoms with Crippen molar-refractivity contribution in [1.82, 2.24) is 20.5 Å². The number of nitrogens with one attached hydrogen (secondary N) is 2. The minimum Gasteiger partial charge on any atom is -0.508 e. The van der Waals surface area contributed by atoms with E-state index in [0.29, 0.717) is 23.1 Å². The lowest BCUT2D eigenvalue weighted by Gasteiger charge is -2.40. The van der Waals surface area contributed by atoms with E-state index in [1.165, 1.54) is 12.1 Å². The first-order chi connectivity index (χ1) is 25.1. The summed E-state index contributed by atoms with van der Waals surface area (Å²) in [7, 11) is 0. The molecule has 0 saturated carbocycles. The number of ether oxygens (including phenoxy) is 2. The fourth-order valence-corrected chi connectivity index (χ4v) is 5.98. The molecule has 0 fully saturated rings. The maximum Gasteiger partial charge on any atom is 0.411 e. The standard InChI is InChI=1S/C39H51N5O9/c1-24(2)35(36(40)48)44(38(50)51-23-34-42-28-13-9-10-14-33(28)52-34)30(20-26-15-17-27(45)18-16-26)32(47)22-41-21-31(46)29(19-25-11-7-6-8-12-25)43-37(49)53-39(3,4)5/h6-18,24,29-32,35,41,45-47H,19-23H2,1-5H3,(H2,40,48)(H,43,49)/t29-,30-,31?,32?,35+/m1/s1. The number of rotatable bonds is 17. The summed E-state index contributed by atoms with van der Waals surface area (Å²) < 4.78 is 16.8. The second-order valence-electron chi connectivity index (χ2n) is 14.3. The highest BCUT2D eigenvalue weighted by Crippen LogP contribution is 2.24. The Hall–Kier alpha value is -5.18. The summed E-state index contributed by atoms with van der Waals surface area (Å²) >= 11 is 0. The molecule has 3 aromatic carbocycles. The molecule has 0 aliphatic rings. The average Bonchev–Trinajstić information content (AvgIpc) is 3.51. The number of aromatic hydroxyl groups is 1. The van der Waals surface area contributed by atoms with Gasteiger partial charge in [-0.15, -0.1) is 0 Å². The summed E-state index contributed by atoms with van der Waals surface area (Å²) in [6.07, 6.45) is -3.75. The van der Waals surface area contributed by atoms with E-state index in [1.807, 2.05) is 30.3 Å². The van der Waals surface area contributed by atoms with Crippen LogP contribution in [-0.4, -0.2) is 92.3 Å². The van der Waals surface area contributed by atoms with Crippen LogP contribution in [0.4, 0.5) is 9.59 Å². The van der Waals surface area contributed by atoms with Crippen molar-refractivity contribution in [3.05, 3.63) is 95.9 Å². The van der Waals surface area contributed by atoms with Crippen LogP contribution in [-0.2, 0) is 33.7 Å². The number of hydrogen-bond donors (Lipinski definition) is 6. The van der Waals surface area contributed by atoms with Gasteiger partial charge in [-0.05, 0) is 74.9 Å². The number of hydrogen-bond acceptors (Lipinski definition) is 11. The van der Waals surface area contributed by atoms with Crippen LogP contribution in [0.1, 0.15) is 51.6 Å². The first kappa shape index (κ1) is 40.6. The molecule has 1 aromatic heterocycles. The second kappa shape index (κ2) is 18.5. The first-order valence-corrected chi connectivity index (χ1v) is 17.6. The third kappa shape index (κ3) is 12.2.